The Morgan fingerprint density at radius 3 is 2.11 bits per heavy atom. The van der Waals surface area contributed by atoms with Gasteiger partial charge in [0.25, 0.3) is 11.5 Å². The molecule has 5 nitrogen and oxygen atoms in total. The molecule has 0 aliphatic carbocycles. The molecule has 0 radical (unpaired) electrons. The first kappa shape index (κ1) is 18.8. The van der Waals surface area contributed by atoms with Gasteiger partial charge in [-0.1, -0.05) is 62.4 Å². The van der Waals surface area contributed by atoms with E-state index in [-0.39, 0.29) is 35.2 Å². The Labute approximate surface area is 159 Å². The molecular weight excluding hydrogens is 338 g/mol. The molecule has 1 unspecified atom stereocenters. The van der Waals surface area contributed by atoms with Crippen molar-refractivity contribution in [3.63, 3.8) is 0 Å². The van der Waals surface area contributed by atoms with Crippen molar-refractivity contribution in [1.29, 1.82) is 0 Å². The summed E-state index contributed by atoms with van der Waals surface area (Å²) in [5.41, 5.74) is 1.14. The van der Waals surface area contributed by atoms with Gasteiger partial charge < -0.3 is 5.32 Å². The van der Waals surface area contributed by atoms with E-state index in [4.69, 9.17) is 0 Å². The van der Waals surface area contributed by atoms with E-state index in [9.17, 15) is 9.59 Å². The fraction of sp³-hybridized carbons (Fsp3) is 0.318. The van der Waals surface area contributed by atoms with Gasteiger partial charge in [-0.2, -0.15) is 5.10 Å². The number of nitrogens with one attached hydrogen (secondary N) is 1. The highest BCUT2D eigenvalue weighted by Gasteiger charge is 2.23. The molecule has 1 atom stereocenters. The molecule has 0 fully saturated rings. The third-order valence-electron chi connectivity index (χ3n) is 4.64. The highest BCUT2D eigenvalue weighted by molar-refractivity contribution is 6.04. The summed E-state index contributed by atoms with van der Waals surface area (Å²) in [6, 6.07) is 16.7. The number of carbonyl (C=O) groups is 1. The van der Waals surface area contributed by atoms with Crippen LogP contribution < -0.4 is 10.9 Å². The smallest absolute Gasteiger partial charge is 0.274 e. The van der Waals surface area contributed by atoms with Gasteiger partial charge >= 0.3 is 0 Å². The maximum atomic E-state index is 13.1. The number of aromatic nitrogens is 2. The molecule has 1 heterocycles. The van der Waals surface area contributed by atoms with Crippen LogP contribution in [0.25, 0.3) is 10.8 Å². The fourth-order valence-corrected chi connectivity index (χ4v) is 3.23. The van der Waals surface area contributed by atoms with Gasteiger partial charge in [-0.25, -0.2) is 4.68 Å². The zero-order valence-corrected chi connectivity index (χ0v) is 16.1. The van der Waals surface area contributed by atoms with Gasteiger partial charge in [-0.05, 0) is 31.4 Å². The predicted molar refractivity (Wildman–Crippen MR) is 108 cm³/mol. The lowest BCUT2D eigenvalue weighted by molar-refractivity contribution is 0.0919. The topological polar surface area (TPSA) is 64.0 Å². The Hall–Kier alpha value is -2.95. The van der Waals surface area contributed by atoms with E-state index >= 15 is 0 Å². The van der Waals surface area contributed by atoms with Gasteiger partial charge in [0.05, 0.1) is 17.5 Å². The normalized spacial score (nSPS) is 12.5. The lowest BCUT2D eigenvalue weighted by Gasteiger charge is -2.23. The summed E-state index contributed by atoms with van der Waals surface area (Å²) in [4.78, 5) is 25.8. The average Bonchev–Trinajstić information content (AvgIpc) is 2.66. The summed E-state index contributed by atoms with van der Waals surface area (Å²) in [6.45, 7) is 7.90. The largest absolute Gasteiger partial charge is 0.344 e. The molecule has 0 saturated heterocycles. The maximum Gasteiger partial charge on any atom is 0.274 e. The van der Waals surface area contributed by atoms with Crippen molar-refractivity contribution < 1.29 is 4.79 Å². The van der Waals surface area contributed by atoms with E-state index in [2.05, 4.69) is 24.3 Å². The third-order valence-corrected chi connectivity index (χ3v) is 4.64. The minimum absolute atomic E-state index is 0.135. The SMILES string of the molecule is CC(C)C(NC(=O)c1nn(C(C)C)c(=O)c2ccccc12)c1ccccc1. The van der Waals surface area contributed by atoms with Crippen LogP contribution in [0.2, 0.25) is 0 Å². The van der Waals surface area contributed by atoms with Gasteiger partial charge in [0.2, 0.25) is 0 Å². The molecule has 0 aliphatic heterocycles. The second kappa shape index (κ2) is 7.74. The van der Waals surface area contributed by atoms with Crippen molar-refractivity contribution in [1.82, 2.24) is 15.1 Å². The Kier molecular flexibility index (Phi) is 5.40. The van der Waals surface area contributed by atoms with E-state index in [1.807, 2.05) is 50.2 Å². The molecule has 140 valence electrons. The summed E-state index contributed by atoms with van der Waals surface area (Å²) >= 11 is 0. The van der Waals surface area contributed by atoms with Crippen LogP contribution in [0.15, 0.2) is 59.4 Å². The zero-order valence-electron chi connectivity index (χ0n) is 16.1. The first-order valence-electron chi connectivity index (χ1n) is 9.27. The predicted octanol–water partition coefficient (Wildman–Crippen LogP) is 4.10. The second-order valence-electron chi connectivity index (χ2n) is 7.34. The fourth-order valence-electron chi connectivity index (χ4n) is 3.23. The molecular formula is C22H25N3O2. The van der Waals surface area contributed by atoms with E-state index in [1.165, 1.54) is 4.68 Å². The van der Waals surface area contributed by atoms with Crippen LogP contribution >= 0.6 is 0 Å². The van der Waals surface area contributed by atoms with Crippen molar-refractivity contribution in [2.45, 2.75) is 39.8 Å². The second-order valence-corrected chi connectivity index (χ2v) is 7.34. The lowest BCUT2D eigenvalue weighted by Crippen LogP contribution is -2.35. The Morgan fingerprint density at radius 1 is 0.926 bits per heavy atom. The molecule has 0 bridgehead atoms. The van der Waals surface area contributed by atoms with Crippen LogP contribution in [0.4, 0.5) is 0 Å². The minimum atomic E-state index is -0.275. The molecule has 2 aromatic carbocycles. The van der Waals surface area contributed by atoms with Crippen LogP contribution in [-0.4, -0.2) is 15.7 Å². The number of nitrogens with zero attached hydrogens (tertiary/aromatic N) is 2. The van der Waals surface area contributed by atoms with Crippen molar-refractivity contribution in [3.8, 4) is 0 Å². The molecule has 1 N–H and O–H groups in total. The quantitative estimate of drug-likeness (QED) is 0.742. The van der Waals surface area contributed by atoms with E-state index < -0.39 is 0 Å². The highest BCUT2D eigenvalue weighted by atomic mass is 16.2. The molecule has 0 saturated carbocycles. The van der Waals surface area contributed by atoms with Crippen molar-refractivity contribution in [2.75, 3.05) is 0 Å². The van der Waals surface area contributed by atoms with Crippen molar-refractivity contribution >= 4 is 16.7 Å². The van der Waals surface area contributed by atoms with Crippen LogP contribution in [0.3, 0.4) is 0 Å². The van der Waals surface area contributed by atoms with E-state index in [0.29, 0.717) is 10.8 Å². The first-order valence-corrected chi connectivity index (χ1v) is 9.27. The standard InChI is InChI=1S/C22H25N3O2/c1-14(2)19(16-10-6-5-7-11-16)23-21(26)20-17-12-8-9-13-18(17)22(27)25(24-20)15(3)4/h5-15,19H,1-4H3,(H,23,26). The first-order chi connectivity index (χ1) is 12.9. The number of rotatable bonds is 5. The molecule has 5 heteroatoms. The van der Waals surface area contributed by atoms with E-state index in [0.717, 1.165) is 5.56 Å². The number of hydrogen-bond donors (Lipinski definition) is 1. The van der Waals surface area contributed by atoms with Gasteiger partial charge in [0, 0.05) is 5.39 Å². The van der Waals surface area contributed by atoms with Crippen LogP contribution in [0.1, 0.15) is 55.8 Å². The molecule has 1 aromatic heterocycles. The van der Waals surface area contributed by atoms with Gasteiger partial charge in [-0.3, -0.25) is 9.59 Å². The number of carbonyl (C=O) groups excluding carboxylic acids is 1. The van der Waals surface area contributed by atoms with Crippen LogP contribution in [0.5, 0.6) is 0 Å². The van der Waals surface area contributed by atoms with Gasteiger partial charge in [-0.15, -0.1) is 0 Å². The van der Waals surface area contributed by atoms with Gasteiger partial charge in [0.1, 0.15) is 0 Å². The molecule has 3 aromatic rings. The zero-order chi connectivity index (χ0) is 19.6. The van der Waals surface area contributed by atoms with E-state index in [1.54, 1.807) is 18.2 Å². The summed E-state index contributed by atoms with van der Waals surface area (Å²) in [5, 5.41) is 8.59. The minimum Gasteiger partial charge on any atom is -0.344 e. The molecule has 0 spiro atoms. The number of benzene rings is 2. The Bertz CT molecular complexity index is 1010. The lowest BCUT2D eigenvalue weighted by atomic mass is 9.96. The molecule has 3 rings (SSSR count). The summed E-state index contributed by atoms with van der Waals surface area (Å²) in [5.74, 6) is -0.0678. The summed E-state index contributed by atoms with van der Waals surface area (Å²) in [7, 11) is 0. The summed E-state index contributed by atoms with van der Waals surface area (Å²) < 4.78 is 1.38. The Morgan fingerprint density at radius 2 is 1.52 bits per heavy atom. The number of hydrogen-bond acceptors (Lipinski definition) is 3. The van der Waals surface area contributed by atoms with Crippen LogP contribution in [-0.2, 0) is 0 Å². The van der Waals surface area contributed by atoms with Crippen molar-refractivity contribution in [2.24, 2.45) is 5.92 Å². The van der Waals surface area contributed by atoms with Crippen molar-refractivity contribution in [3.05, 3.63) is 76.2 Å². The van der Waals surface area contributed by atoms with Gasteiger partial charge in [0.15, 0.2) is 5.69 Å². The molecule has 1 amide bonds. The summed E-state index contributed by atoms with van der Waals surface area (Å²) in [6.07, 6.45) is 0. The highest BCUT2D eigenvalue weighted by Crippen LogP contribution is 2.23. The monoisotopic (exact) mass is 363 g/mol. The number of fused-ring (bicyclic) bond motifs is 1. The number of amides is 1. The molecule has 0 aliphatic rings. The molecule has 27 heavy (non-hydrogen) atoms. The van der Waals surface area contributed by atoms with Crippen LogP contribution in [0, 0.1) is 5.92 Å². The third kappa shape index (κ3) is 3.77. The maximum absolute atomic E-state index is 13.1. The average molecular weight is 363 g/mol. The Balaban J connectivity index is 2.07.